The van der Waals surface area contributed by atoms with Crippen LogP contribution in [0.2, 0.25) is 0 Å². The van der Waals surface area contributed by atoms with Crippen LogP contribution in [-0.4, -0.2) is 49.1 Å². The Morgan fingerprint density at radius 3 is 2.88 bits per heavy atom. The van der Waals surface area contributed by atoms with Crippen molar-refractivity contribution in [3.63, 3.8) is 0 Å². The fourth-order valence-electron chi connectivity index (χ4n) is 3.21. The van der Waals surface area contributed by atoms with Gasteiger partial charge in [0.25, 0.3) is 0 Å². The summed E-state index contributed by atoms with van der Waals surface area (Å²) in [5.41, 5.74) is 12.9. The summed E-state index contributed by atoms with van der Waals surface area (Å²) in [5.74, 6) is 0.873. The Morgan fingerprint density at radius 1 is 1.33 bits per heavy atom. The monoisotopic (exact) mass is 392 g/mol. The third-order valence-electron chi connectivity index (χ3n) is 4.67. The molecular formula is C18H25BrN4O. The molecule has 0 amide bonds. The van der Waals surface area contributed by atoms with Crippen molar-refractivity contribution in [2.75, 3.05) is 26.2 Å². The summed E-state index contributed by atoms with van der Waals surface area (Å²) in [6.45, 7) is 4.01. The number of nitrogens with zero attached hydrogens (tertiary/aromatic N) is 2. The SMILES string of the molecule is NC1N=CC=CC1(N)Cc1cc(Br)ccc1OCCN1CCCC1. The Morgan fingerprint density at radius 2 is 2.12 bits per heavy atom. The lowest BCUT2D eigenvalue weighted by Crippen LogP contribution is -2.55. The van der Waals surface area contributed by atoms with Gasteiger partial charge in [0.2, 0.25) is 0 Å². The molecule has 0 saturated carbocycles. The second-order valence-electron chi connectivity index (χ2n) is 6.54. The largest absolute Gasteiger partial charge is 0.492 e. The highest BCUT2D eigenvalue weighted by molar-refractivity contribution is 9.10. The highest BCUT2D eigenvalue weighted by Gasteiger charge is 2.32. The summed E-state index contributed by atoms with van der Waals surface area (Å²) in [6, 6.07) is 6.04. The lowest BCUT2D eigenvalue weighted by atomic mass is 9.87. The summed E-state index contributed by atoms with van der Waals surface area (Å²) in [6.07, 6.45) is 8.21. The maximum Gasteiger partial charge on any atom is 0.122 e. The number of hydrogen-bond acceptors (Lipinski definition) is 5. The number of ether oxygens (including phenoxy) is 1. The second kappa shape index (κ2) is 7.78. The van der Waals surface area contributed by atoms with Crippen LogP contribution < -0.4 is 16.2 Å². The Balaban J connectivity index is 1.68. The van der Waals surface area contributed by atoms with Crippen LogP contribution in [-0.2, 0) is 6.42 Å². The minimum Gasteiger partial charge on any atom is -0.492 e. The molecule has 2 atom stereocenters. The van der Waals surface area contributed by atoms with E-state index in [1.165, 1.54) is 25.9 Å². The number of nitrogens with two attached hydrogens (primary N) is 2. The molecule has 0 bridgehead atoms. The molecule has 2 aliphatic heterocycles. The maximum atomic E-state index is 6.48. The Kier molecular flexibility index (Phi) is 5.71. The lowest BCUT2D eigenvalue weighted by Gasteiger charge is -2.32. The quantitative estimate of drug-likeness (QED) is 0.776. The molecule has 2 unspecified atom stereocenters. The average molecular weight is 393 g/mol. The van der Waals surface area contributed by atoms with Gasteiger partial charge in [0.1, 0.15) is 18.5 Å². The second-order valence-corrected chi connectivity index (χ2v) is 7.46. The van der Waals surface area contributed by atoms with Gasteiger partial charge >= 0.3 is 0 Å². The van der Waals surface area contributed by atoms with E-state index in [0.29, 0.717) is 13.0 Å². The van der Waals surface area contributed by atoms with Crippen molar-refractivity contribution < 1.29 is 4.74 Å². The Hall–Kier alpha value is -1.21. The molecule has 4 N–H and O–H groups in total. The number of allylic oxidation sites excluding steroid dienone is 1. The molecule has 1 aromatic carbocycles. The fraction of sp³-hybridized carbons (Fsp3) is 0.500. The van der Waals surface area contributed by atoms with E-state index < -0.39 is 11.7 Å². The van der Waals surface area contributed by atoms with E-state index >= 15 is 0 Å². The zero-order chi connectivity index (χ0) is 17.0. The van der Waals surface area contributed by atoms with Gasteiger partial charge in [0, 0.05) is 23.7 Å². The van der Waals surface area contributed by atoms with E-state index in [-0.39, 0.29) is 0 Å². The molecule has 1 saturated heterocycles. The number of dihydropyridines is 1. The summed E-state index contributed by atoms with van der Waals surface area (Å²) in [5, 5.41) is 0. The van der Waals surface area contributed by atoms with Crippen molar-refractivity contribution in [3.05, 3.63) is 40.4 Å². The third kappa shape index (κ3) is 4.25. The van der Waals surface area contributed by atoms with Gasteiger partial charge in [-0.05, 0) is 55.8 Å². The van der Waals surface area contributed by atoms with Crippen molar-refractivity contribution in [1.82, 2.24) is 4.90 Å². The topological polar surface area (TPSA) is 76.9 Å². The predicted octanol–water partition coefficient (Wildman–Crippen LogP) is 2.09. The molecule has 0 spiro atoms. The summed E-state index contributed by atoms with van der Waals surface area (Å²) in [4.78, 5) is 6.67. The molecule has 1 aromatic rings. The molecule has 130 valence electrons. The molecular weight excluding hydrogens is 368 g/mol. The lowest BCUT2D eigenvalue weighted by molar-refractivity contribution is 0.235. The van der Waals surface area contributed by atoms with E-state index in [4.69, 9.17) is 16.2 Å². The van der Waals surface area contributed by atoms with Crippen LogP contribution in [0.1, 0.15) is 18.4 Å². The average Bonchev–Trinajstić information content (AvgIpc) is 3.06. The molecule has 3 rings (SSSR count). The Labute approximate surface area is 151 Å². The highest BCUT2D eigenvalue weighted by atomic mass is 79.9. The minimum absolute atomic E-state index is 0.445. The fourth-order valence-corrected chi connectivity index (χ4v) is 3.62. The van der Waals surface area contributed by atoms with Gasteiger partial charge in [0.05, 0.1) is 5.54 Å². The maximum absolute atomic E-state index is 6.48. The number of rotatable bonds is 6. The first-order valence-electron chi connectivity index (χ1n) is 8.46. The predicted molar refractivity (Wildman–Crippen MR) is 102 cm³/mol. The smallest absolute Gasteiger partial charge is 0.122 e. The van der Waals surface area contributed by atoms with Crippen molar-refractivity contribution in [1.29, 1.82) is 0 Å². The van der Waals surface area contributed by atoms with Crippen LogP contribution in [0.25, 0.3) is 0 Å². The molecule has 2 aliphatic rings. The minimum atomic E-state index is -0.692. The molecule has 0 aromatic heterocycles. The van der Waals surface area contributed by atoms with Gasteiger partial charge in [-0.3, -0.25) is 9.89 Å². The first-order chi connectivity index (χ1) is 11.6. The van der Waals surface area contributed by atoms with Gasteiger partial charge in [-0.2, -0.15) is 0 Å². The highest BCUT2D eigenvalue weighted by Crippen LogP contribution is 2.28. The molecule has 2 heterocycles. The van der Waals surface area contributed by atoms with Crippen molar-refractivity contribution in [3.8, 4) is 5.75 Å². The number of likely N-dealkylation sites (tertiary alicyclic amines) is 1. The number of aliphatic imine (C=N–C) groups is 1. The molecule has 24 heavy (non-hydrogen) atoms. The molecule has 1 fully saturated rings. The van der Waals surface area contributed by atoms with Crippen LogP contribution in [0.4, 0.5) is 0 Å². The van der Waals surface area contributed by atoms with Crippen LogP contribution >= 0.6 is 15.9 Å². The van der Waals surface area contributed by atoms with Crippen molar-refractivity contribution in [2.24, 2.45) is 16.5 Å². The Bertz CT molecular complexity index is 627. The summed E-state index contributed by atoms with van der Waals surface area (Å²) in [7, 11) is 0. The summed E-state index contributed by atoms with van der Waals surface area (Å²) >= 11 is 3.53. The van der Waals surface area contributed by atoms with E-state index in [0.717, 1.165) is 22.3 Å². The van der Waals surface area contributed by atoms with Gasteiger partial charge in [0.15, 0.2) is 0 Å². The first-order valence-corrected chi connectivity index (χ1v) is 9.25. The normalized spacial score (nSPS) is 26.9. The number of halogens is 1. The molecule has 0 aliphatic carbocycles. The molecule has 6 heteroatoms. The van der Waals surface area contributed by atoms with Gasteiger partial charge in [-0.1, -0.05) is 22.0 Å². The number of hydrogen-bond donors (Lipinski definition) is 2. The third-order valence-corrected chi connectivity index (χ3v) is 5.17. The van der Waals surface area contributed by atoms with Crippen molar-refractivity contribution >= 4 is 22.1 Å². The van der Waals surface area contributed by atoms with Crippen LogP contribution in [0.15, 0.2) is 39.8 Å². The van der Waals surface area contributed by atoms with E-state index in [9.17, 15) is 0 Å². The first kappa shape index (κ1) is 17.6. The van der Waals surface area contributed by atoms with E-state index in [2.05, 4.69) is 31.9 Å². The van der Waals surface area contributed by atoms with Crippen LogP contribution in [0, 0.1) is 0 Å². The van der Waals surface area contributed by atoms with Gasteiger partial charge in [-0.15, -0.1) is 0 Å². The van der Waals surface area contributed by atoms with Gasteiger partial charge in [-0.25, -0.2) is 0 Å². The van der Waals surface area contributed by atoms with Crippen LogP contribution in [0.3, 0.4) is 0 Å². The molecule has 0 radical (unpaired) electrons. The molecule has 5 nitrogen and oxygen atoms in total. The van der Waals surface area contributed by atoms with Crippen molar-refractivity contribution in [2.45, 2.75) is 31.0 Å². The zero-order valence-corrected chi connectivity index (χ0v) is 15.4. The van der Waals surface area contributed by atoms with E-state index in [1.54, 1.807) is 6.21 Å². The van der Waals surface area contributed by atoms with Gasteiger partial charge < -0.3 is 16.2 Å². The standard InChI is InChI=1S/C18H25BrN4O/c19-15-4-5-16(24-11-10-23-8-1-2-9-23)14(12-15)13-18(21)6-3-7-22-17(18)20/h3-7,12,17H,1-2,8-11,13,20-21H2. The summed E-state index contributed by atoms with van der Waals surface area (Å²) < 4.78 is 7.06. The zero-order valence-electron chi connectivity index (χ0n) is 13.8. The van der Waals surface area contributed by atoms with Crippen LogP contribution in [0.5, 0.6) is 5.75 Å². The van der Waals surface area contributed by atoms with E-state index in [1.807, 2.05) is 24.3 Å². The number of benzene rings is 1.